The van der Waals surface area contributed by atoms with Gasteiger partial charge in [0.05, 0.1) is 10.8 Å². The maximum absolute atomic E-state index is 11.0. The van der Waals surface area contributed by atoms with E-state index in [-0.39, 0.29) is 0 Å². The molecule has 0 aliphatic rings. The van der Waals surface area contributed by atoms with Gasteiger partial charge in [-0.15, -0.1) is 0 Å². The molecule has 0 heterocycles. The Morgan fingerprint density at radius 1 is 0.727 bits per heavy atom. The van der Waals surface area contributed by atoms with E-state index in [2.05, 4.69) is 0 Å². The number of carbonyl (C=O) groups is 2. The molecule has 0 radical (unpaired) electrons. The number of hydrogen-bond donors (Lipinski definition) is 2. The summed E-state index contributed by atoms with van der Waals surface area (Å²) in [6.07, 6.45) is 3.29. The molecule has 0 aliphatic carbocycles. The van der Waals surface area contributed by atoms with E-state index in [1.165, 1.54) is 0 Å². The summed E-state index contributed by atoms with van der Waals surface area (Å²) in [6.45, 7) is 7.09. The number of carboxylic acids is 2. The molecule has 130 valence electrons. The second-order valence-corrected chi connectivity index (χ2v) is 9.26. The molecular weight excluding hydrogens is 320 g/mol. The van der Waals surface area contributed by atoms with Gasteiger partial charge in [0.2, 0.25) is 0 Å². The lowest BCUT2D eigenvalue weighted by molar-refractivity contribution is -0.148. The van der Waals surface area contributed by atoms with Gasteiger partial charge < -0.3 is 10.2 Å². The average molecular weight is 351 g/mol. The van der Waals surface area contributed by atoms with Crippen molar-refractivity contribution in [3.63, 3.8) is 0 Å². The Labute approximate surface area is 142 Å². The van der Waals surface area contributed by atoms with Gasteiger partial charge in [0.15, 0.2) is 0 Å². The Kier molecular flexibility index (Phi) is 10.3. The molecule has 22 heavy (non-hydrogen) atoms. The fraction of sp³-hybridized carbons (Fsp3) is 0.875. The van der Waals surface area contributed by atoms with Crippen LogP contribution < -0.4 is 0 Å². The Bertz CT molecular complexity index is 320. The van der Waals surface area contributed by atoms with Gasteiger partial charge in [-0.25, -0.2) is 0 Å². The van der Waals surface area contributed by atoms with Gasteiger partial charge in [0.25, 0.3) is 0 Å². The van der Waals surface area contributed by atoms with E-state index in [0.717, 1.165) is 35.9 Å². The highest BCUT2D eigenvalue weighted by Gasteiger charge is 2.26. The highest BCUT2D eigenvalue weighted by Crippen LogP contribution is 2.25. The largest absolute Gasteiger partial charge is 0.481 e. The van der Waals surface area contributed by atoms with E-state index in [1.54, 1.807) is 27.7 Å². The third kappa shape index (κ3) is 9.62. The van der Waals surface area contributed by atoms with Crippen LogP contribution in [0.2, 0.25) is 0 Å². The molecule has 0 rings (SSSR count). The van der Waals surface area contributed by atoms with Gasteiger partial charge in [0, 0.05) is 11.5 Å². The Hall–Kier alpha value is -0.360. The van der Waals surface area contributed by atoms with Crippen LogP contribution in [0.4, 0.5) is 0 Å². The van der Waals surface area contributed by atoms with Crippen LogP contribution in [0.5, 0.6) is 0 Å². The van der Waals surface area contributed by atoms with E-state index in [4.69, 9.17) is 10.2 Å². The highest BCUT2D eigenvalue weighted by atomic mass is 32.2. The van der Waals surface area contributed by atoms with Crippen molar-refractivity contribution in [2.75, 3.05) is 23.0 Å². The predicted molar refractivity (Wildman–Crippen MR) is 96.0 cm³/mol. The monoisotopic (exact) mass is 350 g/mol. The minimum Gasteiger partial charge on any atom is -0.481 e. The van der Waals surface area contributed by atoms with Crippen molar-refractivity contribution in [3.05, 3.63) is 0 Å². The van der Waals surface area contributed by atoms with Crippen LogP contribution in [-0.4, -0.2) is 45.2 Å². The quantitative estimate of drug-likeness (QED) is 0.484. The highest BCUT2D eigenvalue weighted by molar-refractivity contribution is 8.02. The molecule has 2 N–H and O–H groups in total. The zero-order valence-corrected chi connectivity index (χ0v) is 15.8. The molecule has 0 aliphatic heterocycles. The van der Waals surface area contributed by atoms with Crippen LogP contribution in [-0.2, 0) is 9.59 Å². The number of carboxylic acid groups (broad SMARTS) is 2. The molecule has 4 nitrogen and oxygen atoms in total. The lowest BCUT2D eigenvalue weighted by Gasteiger charge is -2.18. The van der Waals surface area contributed by atoms with Crippen LogP contribution in [0.25, 0.3) is 0 Å². The van der Waals surface area contributed by atoms with Gasteiger partial charge in [-0.2, -0.15) is 23.5 Å². The lowest BCUT2D eigenvalue weighted by Crippen LogP contribution is -2.23. The minimum atomic E-state index is -0.725. The molecule has 0 amide bonds. The van der Waals surface area contributed by atoms with E-state index < -0.39 is 22.8 Å². The molecule has 0 unspecified atom stereocenters. The van der Waals surface area contributed by atoms with Gasteiger partial charge in [-0.3, -0.25) is 9.59 Å². The van der Waals surface area contributed by atoms with E-state index in [0.29, 0.717) is 12.8 Å². The first-order chi connectivity index (χ1) is 10.1. The minimum absolute atomic E-state index is 0.619. The summed E-state index contributed by atoms with van der Waals surface area (Å²) in [4.78, 5) is 21.9. The normalized spacial score (nSPS) is 12.4. The molecule has 0 aromatic heterocycles. The van der Waals surface area contributed by atoms with Crippen molar-refractivity contribution < 1.29 is 19.8 Å². The first kappa shape index (κ1) is 21.6. The predicted octanol–water partition coefficient (Wildman–Crippen LogP) is 4.23. The standard InChI is InChI=1S/C16H30O4S2/c1-15(2,13(17)18)7-5-9-21-11-12-22-10-6-8-16(3,4)14(19)20/h5-12H2,1-4H3,(H,17,18)(H,19,20). The molecule has 0 saturated heterocycles. The molecule has 0 saturated carbocycles. The summed E-state index contributed by atoms with van der Waals surface area (Å²) in [5.74, 6) is 2.70. The first-order valence-electron chi connectivity index (χ1n) is 7.72. The third-order valence-corrected chi connectivity index (χ3v) is 6.11. The van der Waals surface area contributed by atoms with Crippen LogP contribution >= 0.6 is 23.5 Å². The number of rotatable bonds is 13. The van der Waals surface area contributed by atoms with Gasteiger partial charge in [-0.1, -0.05) is 0 Å². The van der Waals surface area contributed by atoms with Gasteiger partial charge in [-0.05, 0) is 64.9 Å². The van der Waals surface area contributed by atoms with Gasteiger partial charge in [0.1, 0.15) is 0 Å². The molecular formula is C16H30O4S2. The van der Waals surface area contributed by atoms with Crippen LogP contribution in [0.3, 0.4) is 0 Å². The molecule has 6 heteroatoms. The number of aliphatic carboxylic acids is 2. The smallest absolute Gasteiger partial charge is 0.309 e. The molecule has 0 fully saturated rings. The summed E-state index contributed by atoms with van der Waals surface area (Å²) < 4.78 is 0. The molecule has 0 aromatic rings. The molecule has 0 bridgehead atoms. The van der Waals surface area contributed by atoms with Crippen molar-refractivity contribution in [2.45, 2.75) is 53.4 Å². The topological polar surface area (TPSA) is 74.6 Å². The lowest BCUT2D eigenvalue weighted by atomic mass is 9.88. The summed E-state index contributed by atoms with van der Waals surface area (Å²) in [7, 11) is 0. The molecule has 0 aromatic carbocycles. The van der Waals surface area contributed by atoms with Crippen molar-refractivity contribution in [1.82, 2.24) is 0 Å². The summed E-state index contributed by atoms with van der Waals surface area (Å²) in [5.41, 5.74) is -1.24. The number of hydrogen-bond acceptors (Lipinski definition) is 4. The Balaban J connectivity index is 3.45. The SMILES string of the molecule is CC(C)(CCCSCCSCCCC(C)(C)C(=O)O)C(=O)O. The van der Waals surface area contributed by atoms with Gasteiger partial charge >= 0.3 is 11.9 Å². The second kappa shape index (κ2) is 10.4. The van der Waals surface area contributed by atoms with Crippen molar-refractivity contribution in [3.8, 4) is 0 Å². The summed E-state index contributed by atoms with van der Waals surface area (Å²) in [5, 5.41) is 18.0. The second-order valence-electron chi connectivity index (χ2n) is 6.81. The van der Waals surface area contributed by atoms with Crippen LogP contribution in [0, 0.1) is 10.8 Å². The van der Waals surface area contributed by atoms with E-state index >= 15 is 0 Å². The van der Waals surface area contributed by atoms with E-state index in [9.17, 15) is 9.59 Å². The van der Waals surface area contributed by atoms with Crippen LogP contribution in [0.15, 0.2) is 0 Å². The summed E-state index contributed by atoms with van der Waals surface area (Å²) in [6, 6.07) is 0. The maximum atomic E-state index is 11.0. The zero-order chi connectivity index (χ0) is 17.2. The average Bonchev–Trinajstić information content (AvgIpc) is 2.40. The Morgan fingerprint density at radius 3 is 1.32 bits per heavy atom. The molecule has 0 atom stereocenters. The first-order valence-corrected chi connectivity index (χ1v) is 10.0. The zero-order valence-electron chi connectivity index (χ0n) is 14.2. The van der Waals surface area contributed by atoms with Crippen molar-refractivity contribution >= 4 is 35.5 Å². The fourth-order valence-corrected chi connectivity index (χ4v) is 3.82. The number of thioether (sulfide) groups is 2. The summed E-state index contributed by atoms with van der Waals surface area (Å²) >= 11 is 3.73. The van der Waals surface area contributed by atoms with Crippen molar-refractivity contribution in [1.29, 1.82) is 0 Å². The third-order valence-electron chi connectivity index (χ3n) is 3.71. The fourth-order valence-electron chi connectivity index (χ4n) is 1.77. The maximum Gasteiger partial charge on any atom is 0.309 e. The van der Waals surface area contributed by atoms with E-state index in [1.807, 2.05) is 23.5 Å². The van der Waals surface area contributed by atoms with Crippen molar-refractivity contribution in [2.24, 2.45) is 10.8 Å². The van der Waals surface area contributed by atoms with Crippen LogP contribution in [0.1, 0.15) is 53.4 Å². The Morgan fingerprint density at radius 2 is 1.05 bits per heavy atom. The molecule has 0 spiro atoms.